The maximum absolute atomic E-state index is 15.0. The predicted molar refractivity (Wildman–Crippen MR) is 172 cm³/mol. The number of ether oxygens (including phenoxy) is 1. The molecule has 0 saturated heterocycles. The van der Waals surface area contributed by atoms with E-state index in [1.54, 1.807) is 6.07 Å². The molecule has 2 nitrogen and oxygen atoms in total. The summed E-state index contributed by atoms with van der Waals surface area (Å²) < 4.78 is 103. The second kappa shape index (κ2) is 16.0. The van der Waals surface area contributed by atoms with Crippen molar-refractivity contribution in [1.82, 2.24) is 4.98 Å². The Morgan fingerprint density at radius 3 is 2.10 bits per heavy atom. The number of halogens is 7. The number of benzene rings is 3. The van der Waals surface area contributed by atoms with Gasteiger partial charge in [0, 0.05) is 23.9 Å². The molecule has 1 heterocycles. The largest absolute Gasteiger partial charge is 0.429 e. The van der Waals surface area contributed by atoms with Crippen LogP contribution in [-0.2, 0) is 19.0 Å². The summed E-state index contributed by atoms with van der Waals surface area (Å²) in [6.45, 7) is 2.24. The molecule has 1 fully saturated rings. The summed E-state index contributed by atoms with van der Waals surface area (Å²) in [6.07, 6.45) is 9.76. The van der Waals surface area contributed by atoms with Gasteiger partial charge in [0.15, 0.2) is 17.5 Å². The molecule has 0 radical (unpaired) electrons. The van der Waals surface area contributed by atoms with Gasteiger partial charge in [0.2, 0.25) is 0 Å². The number of pyridine rings is 1. The fourth-order valence-corrected chi connectivity index (χ4v) is 6.58. The molecule has 0 atom stereocenters. The van der Waals surface area contributed by atoms with Gasteiger partial charge < -0.3 is 4.74 Å². The first-order valence-electron chi connectivity index (χ1n) is 16.8. The fourth-order valence-electron chi connectivity index (χ4n) is 6.58. The molecule has 1 saturated carbocycles. The smallest absolute Gasteiger partial charge is 0.429 e. The van der Waals surface area contributed by atoms with Crippen LogP contribution in [-0.4, -0.2) is 4.98 Å². The van der Waals surface area contributed by atoms with Crippen molar-refractivity contribution in [3.63, 3.8) is 0 Å². The molecule has 48 heavy (non-hydrogen) atoms. The van der Waals surface area contributed by atoms with Crippen LogP contribution in [0.15, 0.2) is 66.9 Å². The first-order chi connectivity index (χ1) is 23.0. The van der Waals surface area contributed by atoms with E-state index in [2.05, 4.69) is 22.7 Å². The third kappa shape index (κ3) is 8.97. The number of aromatic nitrogens is 1. The van der Waals surface area contributed by atoms with Crippen molar-refractivity contribution in [3.05, 3.63) is 118 Å². The number of unbranched alkanes of at least 4 members (excludes halogenated alkanes) is 3. The minimum Gasteiger partial charge on any atom is -0.429 e. The summed E-state index contributed by atoms with van der Waals surface area (Å²) in [5.74, 6) is -6.48. The maximum atomic E-state index is 15.0. The van der Waals surface area contributed by atoms with E-state index in [1.165, 1.54) is 69.1 Å². The van der Waals surface area contributed by atoms with Crippen LogP contribution in [0, 0.1) is 35.0 Å². The van der Waals surface area contributed by atoms with Crippen molar-refractivity contribution in [1.29, 1.82) is 0 Å². The molecule has 5 rings (SSSR count). The first kappa shape index (κ1) is 35.4. The van der Waals surface area contributed by atoms with Gasteiger partial charge in [0.1, 0.15) is 17.4 Å². The number of aryl methyl sites for hydroxylation is 2. The number of hydrogen-bond acceptors (Lipinski definition) is 2. The van der Waals surface area contributed by atoms with E-state index >= 15 is 4.39 Å². The van der Waals surface area contributed by atoms with Crippen LogP contribution in [0.2, 0.25) is 0 Å². The number of nitrogens with zero attached hydrogens (tertiary/aromatic N) is 1. The zero-order valence-electron chi connectivity index (χ0n) is 27.0. The maximum Gasteiger partial charge on any atom is 0.429 e. The first-order valence-corrected chi connectivity index (χ1v) is 16.8. The van der Waals surface area contributed by atoms with E-state index < -0.39 is 40.7 Å². The fraction of sp³-hybridized carbons (Fsp3) is 0.410. The molecule has 0 amide bonds. The van der Waals surface area contributed by atoms with Gasteiger partial charge in [-0.05, 0) is 104 Å². The van der Waals surface area contributed by atoms with Crippen LogP contribution >= 0.6 is 0 Å². The Morgan fingerprint density at radius 2 is 1.46 bits per heavy atom. The SMILES string of the molecule is CCCCCC1CCC(c2ccc(-c3ccc(CCCCc4ccc(C(F)(F)Oc5cc(F)c(F)c(F)c5)c(F)c4)c(F)c3)nc2)CC1. The van der Waals surface area contributed by atoms with Gasteiger partial charge in [-0.3, -0.25) is 4.98 Å². The Morgan fingerprint density at radius 1 is 0.729 bits per heavy atom. The van der Waals surface area contributed by atoms with Crippen LogP contribution in [0.4, 0.5) is 30.7 Å². The number of alkyl halides is 2. The molecule has 0 aliphatic heterocycles. The minimum absolute atomic E-state index is 0.254. The molecule has 3 aromatic carbocycles. The molecule has 0 N–H and O–H groups in total. The summed E-state index contributed by atoms with van der Waals surface area (Å²) in [7, 11) is 0. The standard InChI is InChI=1S/C39H40F7NO/c1-2-3-4-7-25-10-13-27(14-11-25)30-17-19-37(47-24-30)29-16-15-28(33(40)21-29)9-6-5-8-26-12-18-32(34(41)20-26)39(45,46)48-31-22-35(42)38(44)36(43)23-31/h12,15-25,27H,2-11,13-14H2,1H3. The Hall–Kier alpha value is -3.88. The zero-order chi connectivity index (χ0) is 34.3. The van der Waals surface area contributed by atoms with Crippen molar-refractivity contribution >= 4 is 0 Å². The minimum atomic E-state index is -4.27. The van der Waals surface area contributed by atoms with E-state index in [4.69, 9.17) is 0 Å². The summed E-state index contributed by atoms with van der Waals surface area (Å²) >= 11 is 0. The number of hydrogen-bond donors (Lipinski definition) is 0. The van der Waals surface area contributed by atoms with E-state index in [0.717, 1.165) is 23.7 Å². The highest BCUT2D eigenvalue weighted by atomic mass is 19.3. The Balaban J connectivity index is 1.10. The van der Waals surface area contributed by atoms with Gasteiger partial charge in [-0.25, -0.2) is 22.0 Å². The van der Waals surface area contributed by atoms with Crippen molar-refractivity contribution in [2.24, 2.45) is 5.92 Å². The molecule has 9 heteroatoms. The molecule has 256 valence electrons. The second-order valence-corrected chi connectivity index (χ2v) is 12.8. The van der Waals surface area contributed by atoms with Crippen LogP contribution in [0.5, 0.6) is 5.75 Å². The van der Waals surface area contributed by atoms with Crippen LogP contribution in [0.3, 0.4) is 0 Å². The number of rotatable bonds is 14. The second-order valence-electron chi connectivity index (χ2n) is 12.8. The molecule has 4 aromatic rings. The molecule has 1 aliphatic carbocycles. The predicted octanol–water partition coefficient (Wildman–Crippen LogP) is 12.0. The van der Waals surface area contributed by atoms with Crippen molar-refractivity contribution in [3.8, 4) is 17.0 Å². The average Bonchev–Trinajstić information content (AvgIpc) is 3.06. The van der Waals surface area contributed by atoms with E-state index in [-0.39, 0.29) is 17.9 Å². The van der Waals surface area contributed by atoms with Crippen molar-refractivity contribution in [2.45, 2.75) is 96.0 Å². The quantitative estimate of drug-likeness (QED) is 0.0756. The average molecular weight is 672 g/mol. The van der Waals surface area contributed by atoms with Crippen molar-refractivity contribution < 1.29 is 35.5 Å². The van der Waals surface area contributed by atoms with E-state index in [9.17, 15) is 26.3 Å². The highest BCUT2D eigenvalue weighted by Gasteiger charge is 2.38. The Kier molecular flexibility index (Phi) is 11.8. The molecular formula is C39H40F7NO. The third-order valence-corrected chi connectivity index (χ3v) is 9.38. The third-order valence-electron chi connectivity index (χ3n) is 9.38. The zero-order valence-corrected chi connectivity index (χ0v) is 27.0. The Labute approximate surface area is 277 Å². The van der Waals surface area contributed by atoms with Gasteiger partial charge in [-0.2, -0.15) is 8.78 Å². The molecule has 1 aromatic heterocycles. The highest BCUT2D eigenvalue weighted by molar-refractivity contribution is 5.60. The molecule has 0 spiro atoms. The molecule has 1 aliphatic rings. The summed E-state index contributed by atoms with van der Waals surface area (Å²) in [6, 6.07) is 12.8. The van der Waals surface area contributed by atoms with Gasteiger partial charge in [-0.15, -0.1) is 0 Å². The highest BCUT2D eigenvalue weighted by Crippen LogP contribution is 2.38. The van der Waals surface area contributed by atoms with Crippen LogP contribution in [0.25, 0.3) is 11.3 Å². The van der Waals surface area contributed by atoms with Crippen LogP contribution in [0.1, 0.15) is 99.3 Å². The molecule has 0 unspecified atom stereocenters. The van der Waals surface area contributed by atoms with E-state index in [0.29, 0.717) is 48.3 Å². The molecule has 0 bridgehead atoms. The van der Waals surface area contributed by atoms with Gasteiger partial charge >= 0.3 is 6.11 Å². The summed E-state index contributed by atoms with van der Waals surface area (Å²) in [4.78, 5) is 4.65. The van der Waals surface area contributed by atoms with Gasteiger partial charge in [0.05, 0.1) is 11.3 Å². The van der Waals surface area contributed by atoms with Crippen molar-refractivity contribution in [2.75, 3.05) is 0 Å². The van der Waals surface area contributed by atoms with Gasteiger partial charge in [0.25, 0.3) is 0 Å². The lowest BCUT2D eigenvalue weighted by atomic mass is 9.77. The topological polar surface area (TPSA) is 22.1 Å². The molecular weight excluding hydrogens is 631 g/mol. The Bertz CT molecular complexity index is 1640. The monoisotopic (exact) mass is 671 g/mol. The summed E-state index contributed by atoms with van der Waals surface area (Å²) in [5, 5.41) is 0. The van der Waals surface area contributed by atoms with Crippen LogP contribution < -0.4 is 4.74 Å². The normalized spacial score (nSPS) is 16.7. The lowest BCUT2D eigenvalue weighted by molar-refractivity contribution is -0.187. The lowest BCUT2D eigenvalue weighted by Gasteiger charge is -2.28. The van der Waals surface area contributed by atoms with Gasteiger partial charge in [-0.1, -0.05) is 56.9 Å². The summed E-state index contributed by atoms with van der Waals surface area (Å²) in [5.41, 5.74) is 2.51. The van der Waals surface area contributed by atoms with E-state index in [1.807, 2.05) is 18.3 Å². The lowest BCUT2D eigenvalue weighted by Crippen LogP contribution is -2.23.